The summed E-state index contributed by atoms with van der Waals surface area (Å²) in [7, 11) is 0. The molecule has 0 atom stereocenters. The molecule has 38 heavy (non-hydrogen) atoms. The number of hydrogen-bond acceptors (Lipinski definition) is 6. The molecule has 0 radical (unpaired) electrons. The lowest BCUT2D eigenvalue weighted by Gasteiger charge is -2.26. The Balaban J connectivity index is 1.49. The summed E-state index contributed by atoms with van der Waals surface area (Å²) in [6.45, 7) is 12.6. The smallest absolute Gasteiger partial charge is 0.181 e. The van der Waals surface area contributed by atoms with Gasteiger partial charge in [0, 0.05) is 31.7 Å². The Morgan fingerprint density at radius 1 is 0.868 bits per heavy atom. The third kappa shape index (κ3) is 6.03. The zero-order valence-electron chi connectivity index (χ0n) is 22.9. The van der Waals surface area contributed by atoms with Crippen LogP contribution >= 0.6 is 0 Å². The zero-order valence-corrected chi connectivity index (χ0v) is 22.9. The molecule has 1 aliphatic rings. The third-order valence-electron chi connectivity index (χ3n) is 7.51. The average molecular weight is 514 g/mol. The fourth-order valence-corrected chi connectivity index (χ4v) is 5.12. The van der Waals surface area contributed by atoms with Gasteiger partial charge in [-0.15, -0.1) is 5.10 Å². The highest BCUT2D eigenvalue weighted by Crippen LogP contribution is 2.27. The number of morpholine rings is 1. The molecule has 2 aromatic heterocycles. The lowest BCUT2D eigenvalue weighted by molar-refractivity contribution is 0.0342. The molecule has 0 saturated carbocycles. The number of benzene rings is 2. The molecule has 1 fully saturated rings. The van der Waals surface area contributed by atoms with E-state index in [9.17, 15) is 0 Å². The van der Waals surface area contributed by atoms with Crippen LogP contribution in [0.15, 0.2) is 54.6 Å². The van der Waals surface area contributed by atoms with E-state index < -0.39 is 0 Å². The molecule has 200 valence electrons. The Morgan fingerprint density at radius 2 is 1.63 bits per heavy atom. The first kappa shape index (κ1) is 26.3. The number of nitrogens with zero attached hydrogens (tertiary/aromatic N) is 7. The van der Waals surface area contributed by atoms with Crippen LogP contribution in [-0.4, -0.2) is 61.0 Å². The second-order valence-corrected chi connectivity index (χ2v) is 10.1. The summed E-state index contributed by atoms with van der Waals surface area (Å²) in [5, 5.41) is 14.2. The van der Waals surface area contributed by atoms with Crippen LogP contribution in [0.4, 0.5) is 0 Å². The van der Waals surface area contributed by atoms with E-state index in [0.717, 1.165) is 87.3 Å². The van der Waals surface area contributed by atoms with Crippen molar-refractivity contribution in [3.8, 4) is 22.9 Å². The molecule has 1 aliphatic heterocycles. The fraction of sp³-hybridized carbons (Fsp3) is 0.467. The fourth-order valence-electron chi connectivity index (χ4n) is 5.12. The van der Waals surface area contributed by atoms with E-state index in [1.165, 1.54) is 11.1 Å². The van der Waals surface area contributed by atoms with Gasteiger partial charge in [-0.1, -0.05) is 87.4 Å². The minimum absolute atomic E-state index is 0.528. The van der Waals surface area contributed by atoms with Gasteiger partial charge >= 0.3 is 0 Å². The summed E-state index contributed by atoms with van der Waals surface area (Å²) >= 11 is 0. The van der Waals surface area contributed by atoms with Gasteiger partial charge in [-0.3, -0.25) is 4.90 Å². The van der Waals surface area contributed by atoms with Crippen LogP contribution in [-0.2, 0) is 30.8 Å². The monoisotopic (exact) mass is 513 g/mol. The van der Waals surface area contributed by atoms with Crippen molar-refractivity contribution >= 4 is 0 Å². The van der Waals surface area contributed by atoms with Crippen LogP contribution in [0.3, 0.4) is 0 Å². The van der Waals surface area contributed by atoms with Crippen LogP contribution < -0.4 is 0 Å². The Morgan fingerprint density at radius 3 is 2.37 bits per heavy atom. The standard InChI is InChI=1S/C30H39N7O/c1-4-23(5-2)21-37-30(28-27(6-3)36(34-32-28)22-24-11-8-7-9-12-24)31-29(33-37)26-14-10-13-25(19-26)20-35-15-17-38-18-16-35/h7-14,19,23H,4-6,15-18,20-22H2,1-3H3. The van der Waals surface area contributed by atoms with Gasteiger partial charge in [0.1, 0.15) is 0 Å². The molecule has 8 heteroatoms. The van der Waals surface area contributed by atoms with Crippen molar-refractivity contribution in [1.82, 2.24) is 34.7 Å². The van der Waals surface area contributed by atoms with Gasteiger partial charge in [0.25, 0.3) is 0 Å². The predicted octanol–water partition coefficient (Wildman–Crippen LogP) is 5.08. The van der Waals surface area contributed by atoms with Crippen LogP contribution in [0, 0.1) is 5.92 Å². The van der Waals surface area contributed by atoms with Gasteiger partial charge in [-0.2, -0.15) is 5.10 Å². The first-order valence-corrected chi connectivity index (χ1v) is 14.0. The van der Waals surface area contributed by atoms with Crippen LogP contribution in [0.2, 0.25) is 0 Å². The number of hydrogen-bond donors (Lipinski definition) is 0. The molecular weight excluding hydrogens is 474 g/mol. The van der Waals surface area contributed by atoms with Crippen molar-refractivity contribution < 1.29 is 4.74 Å². The summed E-state index contributed by atoms with van der Waals surface area (Å²) in [5.41, 5.74) is 5.42. The SMILES string of the molecule is CCc1c(-c2nc(-c3cccc(CN4CCOCC4)c3)nn2CC(CC)CC)nnn1Cc1ccccc1. The molecule has 4 aromatic rings. The first-order valence-electron chi connectivity index (χ1n) is 14.0. The van der Waals surface area contributed by atoms with Crippen LogP contribution in [0.25, 0.3) is 22.9 Å². The summed E-state index contributed by atoms with van der Waals surface area (Å²) in [5.74, 6) is 2.08. The van der Waals surface area contributed by atoms with E-state index in [-0.39, 0.29) is 0 Å². The van der Waals surface area contributed by atoms with Crippen LogP contribution in [0.5, 0.6) is 0 Å². The highest BCUT2D eigenvalue weighted by atomic mass is 16.5. The minimum atomic E-state index is 0.528. The summed E-state index contributed by atoms with van der Waals surface area (Å²) in [4.78, 5) is 7.53. The summed E-state index contributed by atoms with van der Waals surface area (Å²) in [6, 6.07) is 19.0. The van der Waals surface area contributed by atoms with Crippen molar-refractivity contribution in [2.45, 2.75) is 59.7 Å². The summed E-state index contributed by atoms with van der Waals surface area (Å²) in [6.07, 6.45) is 3.01. The van der Waals surface area contributed by atoms with E-state index in [2.05, 4.69) is 89.2 Å². The molecule has 0 bridgehead atoms. The van der Waals surface area contributed by atoms with Crippen molar-refractivity contribution in [3.05, 3.63) is 71.4 Å². The predicted molar refractivity (Wildman–Crippen MR) is 150 cm³/mol. The molecule has 3 heterocycles. The normalized spacial score (nSPS) is 14.4. The van der Waals surface area contributed by atoms with Crippen molar-refractivity contribution in [3.63, 3.8) is 0 Å². The molecule has 0 N–H and O–H groups in total. The molecule has 5 rings (SSSR count). The van der Waals surface area contributed by atoms with Gasteiger partial charge in [0.2, 0.25) is 0 Å². The highest BCUT2D eigenvalue weighted by molar-refractivity contribution is 5.61. The lowest BCUT2D eigenvalue weighted by atomic mass is 10.0. The number of ether oxygens (including phenoxy) is 1. The van der Waals surface area contributed by atoms with Crippen molar-refractivity contribution in [2.24, 2.45) is 5.92 Å². The molecule has 8 nitrogen and oxygen atoms in total. The molecule has 0 aliphatic carbocycles. The second kappa shape index (κ2) is 12.5. The maximum absolute atomic E-state index is 5.52. The molecular formula is C30H39N7O. The van der Waals surface area contributed by atoms with E-state index in [4.69, 9.17) is 14.8 Å². The second-order valence-electron chi connectivity index (χ2n) is 10.1. The largest absolute Gasteiger partial charge is 0.379 e. The van der Waals surface area contributed by atoms with Gasteiger partial charge < -0.3 is 4.74 Å². The Bertz CT molecular complexity index is 1300. The Labute approximate surface area is 225 Å². The first-order chi connectivity index (χ1) is 18.7. The molecule has 0 unspecified atom stereocenters. The van der Waals surface area contributed by atoms with Crippen molar-refractivity contribution in [1.29, 1.82) is 0 Å². The minimum Gasteiger partial charge on any atom is -0.379 e. The van der Waals surface area contributed by atoms with E-state index in [1.807, 2.05) is 10.7 Å². The molecule has 0 amide bonds. The molecule has 0 spiro atoms. The molecule has 2 aromatic carbocycles. The van der Waals surface area contributed by atoms with E-state index in [1.54, 1.807) is 0 Å². The lowest BCUT2D eigenvalue weighted by Crippen LogP contribution is -2.35. The summed E-state index contributed by atoms with van der Waals surface area (Å²) < 4.78 is 9.59. The van der Waals surface area contributed by atoms with Gasteiger partial charge in [0.15, 0.2) is 17.3 Å². The maximum Gasteiger partial charge on any atom is 0.181 e. The maximum atomic E-state index is 5.52. The Hall–Kier alpha value is -3.36. The van der Waals surface area contributed by atoms with Crippen LogP contribution in [0.1, 0.15) is 50.4 Å². The van der Waals surface area contributed by atoms with Crippen molar-refractivity contribution in [2.75, 3.05) is 26.3 Å². The number of aromatic nitrogens is 6. The number of rotatable bonds is 11. The highest BCUT2D eigenvalue weighted by Gasteiger charge is 2.23. The third-order valence-corrected chi connectivity index (χ3v) is 7.51. The van der Waals surface area contributed by atoms with E-state index >= 15 is 0 Å². The van der Waals surface area contributed by atoms with Gasteiger partial charge in [-0.25, -0.2) is 14.3 Å². The zero-order chi connectivity index (χ0) is 26.3. The average Bonchev–Trinajstić information content (AvgIpc) is 3.56. The topological polar surface area (TPSA) is 73.9 Å². The molecule has 1 saturated heterocycles. The van der Waals surface area contributed by atoms with Gasteiger partial charge in [-0.05, 0) is 29.5 Å². The van der Waals surface area contributed by atoms with E-state index in [0.29, 0.717) is 12.5 Å². The Kier molecular flexibility index (Phi) is 8.61. The quantitative estimate of drug-likeness (QED) is 0.278. The van der Waals surface area contributed by atoms with Gasteiger partial charge in [0.05, 0.1) is 25.5 Å².